The summed E-state index contributed by atoms with van der Waals surface area (Å²) in [5.41, 5.74) is 16.8. The third-order valence-corrected chi connectivity index (χ3v) is 11.9. The maximum atomic E-state index is 6.48. The average molecular weight is 792 g/mol. The minimum Gasteiger partial charge on any atom is -0.456 e. The summed E-state index contributed by atoms with van der Waals surface area (Å²) in [4.78, 5) is 2.38. The Labute approximate surface area is 362 Å². The lowest BCUT2D eigenvalue weighted by Crippen LogP contribution is -2.11. The highest BCUT2D eigenvalue weighted by Crippen LogP contribution is 2.43. The quantitative estimate of drug-likeness (QED) is 0.145. The van der Waals surface area contributed by atoms with Gasteiger partial charge in [0.1, 0.15) is 11.3 Å². The molecular weight excluding hydrogens is 751 g/mol. The summed E-state index contributed by atoms with van der Waals surface area (Å²) in [6, 6.07) is 89.0. The van der Waals surface area contributed by atoms with Crippen molar-refractivity contribution in [2.75, 3.05) is 4.90 Å². The molecule has 1 heterocycles. The number of para-hydroxylation sites is 2. The maximum Gasteiger partial charge on any atom is 0.136 e. The molecule has 0 aliphatic heterocycles. The molecular formula is C60H41NO. The van der Waals surface area contributed by atoms with Gasteiger partial charge in [0.25, 0.3) is 0 Å². The normalized spacial score (nSPS) is 11.2. The van der Waals surface area contributed by atoms with Crippen molar-refractivity contribution in [3.05, 3.63) is 249 Å². The second kappa shape index (κ2) is 16.1. The number of furan rings is 1. The third kappa shape index (κ3) is 7.14. The molecule has 0 saturated carbocycles. The van der Waals surface area contributed by atoms with Crippen LogP contribution in [-0.4, -0.2) is 0 Å². The fourth-order valence-corrected chi connectivity index (χ4v) is 8.70. The molecule has 0 amide bonds. The van der Waals surface area contributed by atoms with Crippen LogP contribution in [-0.2, 0) is 0 Å². The predicted molar refractivity (Wildman–Crippen MR) is 261 cm³/mol. The SMILES string of the molecule is c1ccc(-c2ccc(-c3ccccc3N(c3ccc(-c4ccc(-c5ccccc5)c(-c5cc6ccccc6o5)c4)cc3)c3ccc(-c4ccc5ccccc5c4)cc3)cc2)cc1. The van der Waals surface area contributed by atoms with Crippen molar-refractivity contribution in [1.29, 1.82) is 0 Å². The molecule has 0 unspecified atom stereocenters. The maximum absolute atomic E-state index is 6.48. The molecule has 2 nitrogen and oxygen atoms in total. The Morgan fingerprint density at radius 1 is 0.258 bits per heavy atom. The lowest BCUT2D eigenvalue weighted by Gasteiger charge is -2.28. The zero-order chi connectivity index (χ0) is 41.2. The van der Waals surface area contributed by atoms with E-state index in [4.69, 9.17) is 4.42 Å². The summed E-state index contributed by atoms with van der Waals surface area (Å²) in [5, 5.41) is 3.57. The van der Waals surface area contributed by atoms with E-state index in [1.807, 2.05) is 12.1 Å². The van der Waals surface area contributed by atoms with Gasteiger partial charge in [-0.2, -0.15) is 0 Å². The van der Waals surface area contributed by atoms with Crippen molar-refractivity contribution in [3.63, 3.8) is 0 Å². The zero-order valence-electron chi connectivity index (χ0n) is 34.0. The fourth-order valence-electron chi connectivity index (χ4n) is 8.70. The van der Waals surface area contributed by atoms with E-state index in [1.165, 1.54) is 33.0 Å². The highest BCUT2D eigenvalue weighted by Gasteiger charge is 2.19. The Bertz CT molecular complexity index is 3280. The number of fused-ring (bicyclic) bond motifs is 2. The second-order valence-electron chi connectivity index (χ2n) is 15.7. The van der Waals surface area contributed by atoms with Gasteiger partial charge in [-0.15, -0.1) is 0 Å². The van der Waals surface area contributed by atoms with Crippen molar-refractivity contribution in [2.24, 2.45) is 0 Å². The van der Waals surface area contributed by atoms with Crippen LogP contribution in [0.15, 0.2) is 253 Å². The van der Waals surface area contributed by atoms with Gasteiger partial charge in [-0.25, -0.2) is 0 Å². The molecule has 2 heteroatoms. The molecule has 11 rings (SSSR count). The third-order valence-electron chi connectivity index (χ3n) is 11.9. The molecule has 1 aromatic heterocycles. The van der Waals surface area contributed by atoms with Gasteiger partial charge in [-0.3, -0.25) is 0 Å². The van der Waals surface area contributed by atoms with E-state index in [2.05, 4.69) is 241 Å². The van der Waals surface area contributed by atoms with E-state index in [0.29, 0.717) is 0 Å². The standard InChI is InChI=1S/C60H41NO/c1-3-13-42(14-4-1)44-23-26-48(27-24-44)56-20-10-11-21-58(56)61(53-34-29-45(30-35-53)50-28-25-43-15-7-8-18-49(43)39-50)54-36-31-46(32-37-54)51-33-38-55(47-16-5-2-6-17-47)57(40-51)60-41-52-19-9-12-22-59(52)62-60/h1-41H. The van der Waals surface area contributed by atoms with Crippen molar-refractivity contribution in [1.82, 2.24) is 0 Å². The number of nitrogens with zero attached hydrogens (tertiary/aromatic N) is 1. The average Bonchev–Trinajstić information content (AvgIpc) is 3.80. The van der Waals surface area contributed by atoms with Crippen LogP contribution >= 0.6 is 0 Å². The number of hydrogen-bond acceptors (Lipinski definition) is 2. The minimum atomic E-state index is 0.857. The van der Waals surface area contributed by atoms with Gasteiger partial charge >= 0.3 is 0 Å². The Hall–Kier alpha value is -8.20. The minimum absolute atomic E-state index is 0.857. The first-order valence-corrected chi connectivity index (χ1v) is 21.2. The van der Waals surface area contributed by atoms with E-state index in [0.717, 1.165) is 72.7 Å². The van der Waals surface area contributed by atoms with E-state index >= 15 is 0 Å². The van der Waals surface area contributed by atoms with Crippen LogP contribution in [0.3, 0.4) is 0 Å². The Balaban J connectivity index is 0.999. The van der Waals surface area contributed by atoms with Gasteiger partial charge < -0.3 is 9.32 Å². The van der Waals surface area contributed by atoms with Crippen molar-refractivity contribution >= 4 is 38.8 Å². The summed E-state index contributed by atoms with van der Waals surface area (Å²) >= 11 is 0. The van der Waals surface area contributed by atoms with Crippen molar-refractivity contribution in [2.45, 2.75) is 0 Å². The van der Waals surface area contributed by atoms with Gasteiger partial charge in [0.2, 0.25) is 0 Å². The van der Waals surface area contributed by atoms with E-state index in [1.54, 1.807) is 0 Å². The first-order valence-electron chi connectivity index (χ1n) is 21.2. The molecule has 0 aliphatic carbocycles. The summed E-state index contributed by atoms with van der Waals surface area (Å²) < 4.78 is 6.48. The molecule has 62 heavy (non-hydrogen) atoms. The van der Waals surface area contributed by atoms with Crippen molar-refractivity contribution < 1.29 is 4.42 Å². The molecule has 0 radical (unpaired) electrons. The molecule has 292 valence electrons. The lowest BCUT2D eigenvalue weighted by molar-refractivity contribution is 0.632. The number of hydrogen-bond donors (Lipinski definition) is 0. The van der Waals surface area contributed by atoms with Crippen LogP contribution in [0.5, 0.6) is 0 Å². The molecule has 11 aromatic rings. The van der Waals surface area contributed by atoms with Gasteiger partial charge in [0, 0.05) is 27.9 Å². The first-order chi connectivity index (χ1) is 30.7. The lowest BCUT2D eigenvalue weighted by atomic mass is 9.93. The summed E-state index contributed by atoms with van der Waals surface area (Å²) in [6.45, 7) is 0. The summed E-state index contributed by atoms with van der Waals surface area (Å²) in [5.74, 6) is 0.857. The van der Waals surface area contributed by atoms with Crippen LogP contribution in [0, 0.1) is 0 Å². The smallest absolute Gasteiger partial charge is 0.136 e. The molecule has 0 aliphatic rings. The highest BCUT2D eigenvalue weighted by molar-refractivity contribution is 5.93. The van der Waals surface area contributed by atoms with Crippen LogP contribution in [0.25, 0.3) is 88.7 Å². The van der Waals surface area contributed by atoms with E-state index < -0.39 is 0 Å². The number of rotatable bonds is 9. The molecule has 0 fully saturated rings. The topological polar surface area (TPSA) is 16.4 Å². The number of benzene rings is 10. The van der Waals surface area contributed by atoms with E-state index in [-0.39, 0.29) is 0 Å². The van der Waals surface area contributed by atoms with Gasteiger partial charge in [0.15, 0.2) is 0 Å². The van der Waals surface area contributed by atoms with Gasteiger partial charge in [-0.1, -0.05) is 194 Å². The Kier molecular flexibility index (Phi) is 9.57. The van der Waals surface area contributed by atoms with Crippen LogP contribution in [0.2, 0.25) is 0 Å². The molecule has 0 atom stereocenters. The van der Waals surface area contributed by atoms with E-state index in [9.17, 15) is 0 Å². The second-order valence-corrected chi connectivity index (χ2v) is 15.7. The summed E-state index contributed by atoms with van der Waals surface area (Å²) in [6.07, 6.45) is 0. The van der Waals surface area contributed by atoms with Crippen LogP contribution in [0.4, 0.5) is 17.1 Å². The molecule has 0 N–H and O–H groups in total. The zero-order valence-corrected chi connectivity index (χ0v) is 34.0. The first kappa shape index (κ1) is 36.8. The van der Waals surface area contributed by atoms with Crippen molar-refractivity contribution in [3.8, 4) is 67.0 Å². The van der Waals surface area contributed by atoms with Crippen LogP contribution < -0.4 is 4.90 Å². The molecule has 10 aromatic carbocycles. The Morgan fingerprint density at radius 2 is 0.726 bits per heavy atom. The van der Waals surface area contributed by atoms with Gasteiger partial charge in [-0.05, 0) is 115 Å². The Morgan fingerprint density at radius 3 is 1.42 bits per heavy atom. The summed E-state index contributed by atoms with van der Waals surface area (Å²) in [7, 11) is 0. The van der Waals surface area contributed by atoms with Crippen LogP contribution in [0.1, 0.15) is 0 Å². The van der Waals surface area contributed by atoms with Gasteiger partial charge in [0.05, 0.1) is 5.69 Å². The predicted octanol–water partition coefficient (Wildman–Crippen LogP) is 17.1. The molecule has 0 bridgehead atoms. The monoisotopic (exact) mass is 791 g/mol. The largest absolute Gasteiger partial charge is 0.456 e. The molecule has 0 saturated heterocycles. The number of anilines is 3. The fraction of sp³-hybridized carbons (Fsp3) is 0. The molecule has 0 spiro atoms. The highest BCUT2D eigenvalue weighted by atomic mass is 16.3.